The summed E-state index contributed by atoms with van der Waals surface area (Å²) in [6.45, 7) is 3.45. The number of benzene rings is 1. The van der Waals surface area contributed by atoms with Gasteiger partial charge in [0.2, 0.25) is 0 Å². The molecule has 1 fully saturated rings. The van der Waals surface area contributed by atoms with E-state index in [1.54, 1.807) is 7.05 Å². The van der Waals surface area contributed by atoms with Gasteiger partial charge in [0.15, 0.2) is 0 Å². The zero-order valence-corrected chi connectivity index (χ0v) is 13.6. The third-order valence-corrected chi connectivity index (χ3v) is 5.95. The molecule has 0 spiro atoms. The fourth-order valence-electron chi connectivity index (χ4n) is 2.84. The van der Waals surface area contributed by atoms with Crippen LogP contribution in [0.5, 0.6) is 0 Å². The Morgan fingerprint density at radius 2 is 1.95 bits per heavy atom. The predicted molar refractivity (Wildman–Crippen MR) is 84.8 cm³/mol. The fraction of sp³-hybridized carbons (Fsp3) is 0.600. The van der Waals surface area contributed by atoms with Crippen molar-refractivity contribution in [3.63, 3.8) is 0 Å². The van der Waals surface area contributed by atoms with Crippen LogP contribution in [0.2, 0.25) is 0 Å². The number of nitrogens with zero attached hydrogens (tertiary/aromatic N) is 2. The molecular weight excluding hydrogens is 286 g/mol. The molecule has 0 radical (unpaired) electrons. The van der Waals surface area contributed by atoms with E-state index in [4.69, 9.17) is 5.73 Å². The minimum Gasteiger partial charge on any atom is -0.326 e. The highest BCUT2D eigenvalue weighted by molar-refractivity contribution is 7.86. The van der Waals surface area contributed by atoms with E-state index in [-0.39, 0.29) is 12.0 Å². The molecule has 2 N–H and O–H groups in total. The van der Waals surface area contributed by atoms with E-state index < -0.39 is 10.2 Å². The monoisotopic (exact) mass is 311 g/mol. The zero-order valence-electron chi connectivity index (χ0n) is 12.8. The van der Waals surface area contributed by atoms with Crippen LogP contribution in [-0.2, 0) is 16.8 Å². The summed E-state index contributed by atoms with van der Waals surface area (Å²) in [6, 6.07) is 9.57. The minimum absolute atomic E-state index is 0.0511. The summed E-state index contributed by atoms with van der Waals surface area (Å²) in [5, 5.41) is 0. The van der Waals surface area contributed by atoms with Crippen molar-refractivity contribution in [3.05, 3.63) is 35.9 Å². The van der Waals surface area contributed by atoms with E-state index >= 15 is 0 Å². The molecule has 1 aromatic rings. The van der Waals surface area contributed by atoms with Crippen LogP contribution in [0, 0.1) is 5.92 Å². The molecule has 1 aliphatic heterocycles. The molecule has 0 amide bonds. The molecule has 21 heavy (non-hydrogen) atoms. The third-order valence-electron chi connectivity index (χ3n) is 4.09. The van der Waals surface area contributed by atoms with Crippen molar-refractivity contribution in [3.8, 4) is 0 Å². The van der Waals surface area contributed by atoms with Crippen LogP contribution in [0.1, 0.15) is 25.3 Å². The Balaban J connectivity index is 2.04. The molecule has 2 rings (SSSR count). The number of hydrogen-bond donors (Lipinski definition) is 1. The number of rotatable bonds is 6. The normalized spacial score (nSPS) is 23.8. The highest BCUT2D eigenvalue weighted by atomic mass is 32.2. The van der Waals surface area contributed by atoms with Gasteiger partial charge in [-0.05, 0) is 17.9 Å². The quantitative estimate of drug-likeness (QED) is 0.864. The van der Waals surface area contributed by atoms with E-state index in [1.807, 2.05) is 30.3 Å². The van der Waals surface area contributed by atoms with Crippen molar-refractivity contribution in [2.45, 2.75) is 32.4 Å². The molecule has 2 atom stereocenters. The Bertz CT molecular complexity index is 547. The van der Waals surface area contributed by atoms with Crippen molar-refractivity contribution in [2.75, 3.05) is 20.1 Å². The van der Waals surface area contributed by atoms with Gasteiger partial charge in [-0.15, -0.1) is 0 Å². The first-order chi connectivity index (χ1) is 9.95. The summed E-state index contributed by atoms with van der Waals surface area (Å²) < 4.78 is 28.2. The van der Waals surface area contributed by atoms with E-state index in [0.29, 0.717) is 19.6 Å². The lowest BCUT2D eigenvalue weighted by Crippen LogP contribution is -2.41. The Labute approximate surface area is 127 Å². The number of nitrogens with two attached hydrogens (primary N) is 1. The summed E-state index contributed by atoms with van der Waals surface area (Å²) >= 11 is 0. The zero-order chi connectivity index (χ0) is 15.5. The van der Waals surface area contributed by atoms with Gasteiger partial charge >= 0.3 is 0 Å². The molecule has 118 valence electrons. The lowest BCUT2D eigenvalue weighted by molar-refractivity contribution is 0.380. The van der Waals surface area contributed by atoms with Gasteiger partial charge in [0.1, 0.15) is 0 Å². The lowest BCUT2D eigenvalue weighted by Gasteiger charge is -2.24. The Morgan fingerprint density at radius 1 is 1.29 bits per heavy atom. The van der Waals surface area contributed by atoms with Gasteiger partial charge in [-0.25, -0.2) is 0 Å². The summed E-state index contributed by atoms with van der Waals surface area (Å²) in [5.41, 5.74) is 7.06. The molecule has 1 aliphatic rings. The van der Waals surface area contributed by atoms with Crippen LogP contribution < -0.4 is 5.73 Å². The molecule has 0 aromatic heterocycles. The van der Waals surface area contributed by atoms with Gasteiger partial charge < -0.3 is 5.73 Å². The summed E-state index contributed by atoms with van der Waals surface area (Å²) in [4.78, 5) is 0. The van der Waals surface area contributed by atoms with E-state index in [9.17, 15) is 8.42 Å². The Hall–Kier alpha value is -0.950. The summed E-state index contributed by atoms with van der Waals surface area (Å²) in [6.07, 6.45) is 2.02. The average Bonchev–Trinajstić information content (AvgIpc) is 2.82. The van der Waals surface area contributed by atoms with Gasteiger partial charge in [0.05, 0.1) is 0 Å². The Kier molecular flexibility index (Phi) is 5.37. The van der Waals surface area contributed by atoms with Gasteiger partial charge in [-0.3, -0.25) is 0 Å². The molecule has 1 saturated heterocycles. The molecule has 1 heterocycles. The second-order valence-electron chi connectivity index (χ2n) is 5.78. The van der Waals surface area contributed by atoms with Gasteiger partial charge in [-0.2, -0.15) is 17.0 Å². The average molecular weight is 311 g/mol. The van der Waals surface area contributed by atoms with E-state index in [0.717, 1.165) is 18.4 Å². The fourth-order valence-corrected chi connectivity index (χ4v) is 4.29. The van der Waals surface area contributed by atoms with Crippen molar-refractivity contribution in [1.29, 1.82) is 0 Å². The smallest absolute Gasteiger partial charge is 0.282 e. The first kappa shape index (κ1) is 16.4. The molecule has 6 heteroatoms. The molecule has 0 bridgehead atoms. The molecule has 0 aliphatic carbocycles. The van der Waals surface area contributed by atoms with Crippen molar-refractivity contribution < 1.29 is 8.42 Å². The molecule has 0 unspecified atom stereocenters. The van der Waals surface area contributed by atoms with E-state index in [1.165, 1.54) is 8.61 Å². The minimum atomic E-state index is -3.43. The molecule has 0 saturated carbocycles. The highest BCUT2D eigenvalue weighted by Gasteiger charge is 2.38. The molecule has 1 aromatic carbocycles. The second kappa shape index (κ2) is 6.87. The van der Waals surface area contributed by atoms with Gasteiger partial charge in [0, 0.05) is 32.7 Å². The highest BCUT2D eigenvalue weighted by Crippen LogP contribution is 2.24. The second-order valence-corrected chi connectivity index (χ2v) is 7.81. The van der Waals surface area contributed by atoms with Crippen LogP contribution >= 0.6 is 0 Å². The third kappa shape index (κ3) is 3.83. The summed E-state index contributed by atoms with van der Waals surface area (Å²) in [5.74, 6) is 0.273. The van der Waals surface area contributed by atoms with Crippen molar-refractivity contribution in [1.82, 2.24) is 8.61 Å². The van der Waals surface area contributed by atoms with Crippen molar-refractivity contribution in [2.24, 2.45) is 11.7 Å². The Morgan fingerprint density at radius 3 is 2.57 bits per heavy atom. The number of hydrogen-bond acceptors (Lipinski definition) is 3. The van der Waals surface area contributed by atoms with E-state index in [2.05, 4.69) is 6.92 Å². The van der Waals surface area contributed by atoms with Gasteiger partial charge in [0.25, 0.3) is 10.2 Å². The maximum Gasteiger partial charge on any atom is 0.282 e. The maximum absolute atomic E-state index is 12.6. The van der Waals surface area contributed by atoms with Crippen LogP contribution in [0.4, 0.5) is 0 Å². The SMILES string of the molecule is CCC[C@H]1CN(S(=O)(=O)N(C)Cc2ccccc2)C[C@@H]1N. The molecule has 5 nitrogen and oxygen atoms in total. The topological polar surface area (TPSA) is 66.6 Å². The first-order valence-corrected chi connectivity index (χ1v) is 8.85. The largest absolute Gasteiger partial charge is 0.326 e. The summed E-state index contributed by atoms with van der Waals surface area (Å²) in [7, 11) is -1.81. The van der Waals surface area contributed by atoms with Crippen LogP contribution in [0.3, 0.4) is 0 Å². The lowest BCUT2D eigenvalue weighted by atomic mass is 9.99. The van der Waals surface area contributed by atoms with Crippen LogP contribution in [0.15, 0.2) is 30.3 Å². The first-order valence-electron chi connectivity index (χ1n) is 7.46. The van der Waals surface area contributed by atoms with Gasteiger partial charge in [-0.1, -0.05) is 43.7 Å². The van der Waals surface area contributed by atoms with Crippen LogP contribution in [0.25, 0.3) is 0 Å². The predicted octanol–water partition coefficient (Wildman–Crippen LogP) is 1.42. The van der Waals surface area contributed by atoms with Crippen LogP contribution in [-0.4, -0.2) is 43.2 Å². The molecular formula is C15H25N3O2S. The van der Waals surface area contributed by atoms with Crippen molar-refractivity contribution >= 4 is 10.2 Å². The standard InChI is InChI=1S/C15H25N3O2S/c1-3-7-14-11-18(12-15(14)16)21(19,20)17(2)10-13-8-5-4-6-9-13/h4-6,8-9,14-15H,3,7,10-12,16H2,1-2H3/t14-,15-/m0/s1. The maximum atomic E-state index is 12.6.